The number of hydrogen-bond donors (Lipinski definition) is 2. The molecule has 0 aliphatic rings. The number of nitrogens with one attached hydrogen (secondary N) is 1. The number of para-hydroxylation sites is 1. The lowest BCUT2D eigenvalue weighted by atomic mass is 10.1. The lowest BCUT2D eigenvalue weighted by molar-refractivity contribution is 0.474. The molecule has 1 aromatic heterocycles. The Morgan fingerprint density at radius 1 is 0.793 bits per heavy atom. The number of aromatic hydroxyl groups is 1. The molecule has 142 valence electrons. The van der Waals surface area contributed by atoms with E-state index in [1.165, 1.54) is 6.21 Å². The van der Waals surface area contributed by atoms with Crippen molar-refractivity contribution in [2.45, 2.75) is 0 Å². The van der Waals surface area contributed by atoms with Gasteiger partial charge in [-0.2, -0.15) is 5.10 Å². The lowest BCUT2D eigenvalue weighted by Crippen LogP contribution is -2.00. The van der Waals surface area contributed by atoms with E-state index in [9.17, 15) is 5.11 Å². The Bertz CT molecular complexity index is 1150. The molecule has 0 spiro atoms. The molecule has 0 atom stereocenters. The first-order valence-corrected chi connectivity index (χ1v) is 9.76. The fraction of sp³-hybridized carbons (Fsp3) is 0. The molecule has 0 radical (unpaired) electrons. The third-order valence-electron chi connectivity index (χ3n) is 4.24. The van der Waals surface area contributed by atoms with Crippen LogP contribution in [0.5, 0.6) is 5.75 Å². The van der Waals surface area contributed by atoms with Crippen LogP contribution in [0.15, 0.2) is 94.5 Å². The predicted molar refractivity (Wildman–Crippen MR) is 120 cm³/mol. The largest absolute Gasteiger partial charge is 0.507 e. The van der Waals surface area contributed by atoms with E-state index >= 15 is 0 Å². The first-order chi connectivity index (χ1) is 14.2. The standard InChI is InChI=1S/C23H17BrN4O/c24-19-12-10-17(11-13-19)21-14-20(16-6-2-1-3-7-16)26-23(27-21)28-25-15-18-8-4-5-9-22(18)29/h1-15,29H,(H,26,27,28). The van der Waals surface area contributed by atoms with Crippen molar-refractivity contribution < 1.29 is 5.11 Å². The van der Waals surface area contributed by atoms with Gasteiger partial charge in [0.1, 0.15) is 5.75 Å². The summed E-state index contributed by atoms with van der Waals surface area (Å²) in [4.78, 5) is 9.19. The number of phenolic OH excluding ortho intramolecular Hbond substituents is 1. The smallest absolute Gasteiger partial charge is 0.244 e. The molecular formula is C23H17BrN4O. The summed E-state index contributed by atoms with van der Waals surface area (Å²) in [6, 6.07) is 26.8. The summed E-state index contributed by atoms with van der Waals surface area (Å²) < 4.78 is 1.00. The number of phenols is 1. The Hall–Kier alpha value is -3.51. The maximum atomic E-state index is 9.86. The van der Waals surface area contributed by atoms with Crippen LogP contribution in [0, 0.1) is 0 Å². The van der Waals surface area contributed by atoms with Crippen molar-refractivity contribution in [1.82, 2.24) is 9.97 Å². The van der Waals surface area contributed by atoms with E-state index in [4.69, 9.17) is 0 Å². The maximum absolute atomic E-state index is 9.86. The summed E-state index contributed by atoms with van der Waals surface area (Å²) in [6.07, 6.45) is 1.53. The third kappa shape index (κ3) is 4.67. The van der Waals surface area contributed by atoms with Gasteiger partial charge in [0.2, 0.25) is 5.95 Å². The summed E-state index contributed by atoms with van der Waals surface area (Å²) in [6.45, 7) is 0. The van der Waals surface area contributed by atoms with E-state index in [2.05, 4.69) is 36.4 Å². The summed E-state index contributed by atoms with van der Waals surface area (Å²) in [7, 11) is 0. The zero-order valence-electron chi connectivity index (χ0n) is 15.3. The molecule has 5 nitrogen and oxygen atoms in total. The highest BCUT2D eigenvalue weighted by Crippen LogP contribution is 2.26. The van der Waals surface area contributed by atoms with Crippen molar-refractivity contribution in [3.63, 3.8) is 0 Å². The maximum Gasteiger partial charge on any atom is 0.244 e. The van der Waals surface area contributed by atoms with Crippen LogP contribution in [0.4, 0.5) is 5.95 Å². The van der Waals surface area contributed by atoms with Crippen LogP contribution in [0.1, 0.15) is 5.56 Å². The third-order valence-corrected chi connectivity index (χ3v) is 4.77. The van der Waals surface area contributed by atoms with Gasteiger partial charge < -0.3 is 5.11 Å². The molecule has 0 unspecified atom stereocenters. The van der Waals surface area contributed by atoms with E-state index < -0.39 is 0 Å². The second-order valence-corrected chi connectivity index (χ2v) is 7.18. The number of halogens is 1. The van der Waals surface area contributed by atoms with Crippen molar-refractivity contribution in [2.75, 3.05) is 5.43 Å². The number of nitrogens with zero attached hydrogens (tertiary/aromatic N) is 3. The van der Waals surface area contributed by atoms with Crippen LogP contribution in [-0.4, -0.2) is 21.3 Å². The van der Waals surface area contributed by atoms with Crippen molar-refractivity contribution in [1.29, 1.82) is 0 Å². The first kappa shape index (κ1) is 18.8. The molecule has 4 rings (SSSR count). The fourth-order valence-electron chi connectivity index (χ4n) is 2.78. The van der Waals surface area contributed by atoms with Gasteiger partial charge in [-0.15, -0.1) is 0 Å². The van der Waals surface area contributed by atoms with Crippen LogP contribution in [0.3, 0.4) is 0 Å². The zero-order chi connectivity index (χ0) is 20.1. The molecule has 0 aliphatic heterocycles. The van der Waals surface area contributed by atoms with Gasteiger partial charge in [-0.25, -0.2) is 15.4 Å². The molecule has 3 aromatic carbocycles. The zero-order valence-corrected chi connectivity index (χ0v) is 16.9. The molecule has 0 fully saturated rings. The topological polar surface area (TPSA) is 70.4 Å². The molecule has 0 amide bonds. The van der Waals surface area contributed by atoms with E-state index in [0.717, 1.165) is 27.0 Å². The molecule has 0 aliphatic carbocycles. The number of benzene rings is 3. The van der Waals surface area contributed by atoms with Crippen LogP contribution >= 0.6 is 15.9 Å². The van der Waals surface area contributed by atoms with E-state index in [0.29, 0.717) is 11.5 Å². The van der Waals surface area contributed by atoms with E-state index in [-0.39, 0.29) is 5.75 Å². The summed E-state index contributed by atoms with van der Waals surface area (Å²) in [5.41, 5.74) is 7.02. The number of hydrogen-bond acceptors (Lipinski definition) is 5. The minimum atomic E-state index is 0.160. The first-order valence-electron chi connectivity index (χ1n) is 8.96. The highest BCUT2D eigenvalue weighted by Gasteiger charge is 2.08. The highest BCUT2D eigenvalue weighted by molar-refractivity contribution is 9.10. The minimum absolute atomic E-state index is 0.160. The Balaban J connectivity index is 1.69. The van der Waals surface area contributed by atoms with Crippen molar-refractivity contribution >= 4 is 28.1 Å². The second-order valence-electron chi connectivity index (χ2n) is 6.26. The average Bonchev–Trinajstić information content (AvgIpc) is 2.76. The van der Waals surface area contributed by atoms with E-state index in [1.54, 1.807) is 18.2 Å². The van der Waals surface area contributed by atoms with Gasteiger partial charge >= 0.3 is 0 Å². The average molecular weight is 445 g/mol. The number of anilines is 1. The van der Waals surface area contributed by atoms with Gasteiger partial charge in [0.25, 0.3) is 0 Å². The second kappa shape index (κ2) is 8.67. The summed E-state index contributed by atoms with van der Waals surface area (Å²) in [5, 5.41) is 14.1. The van der Waals surface area contributed by atoms with Gasteiger partial charge in [0.05, 0.1) is 17.6 Å². The van der Waals surface area contributed by atoms with Crippen molar-refractivity contribution in [3.05, 3.63) is 95.0 Å². The highest BCUT2D eigenvalue weighted by atomic mass is 79.9. The quantitative estimate of drug-likeness (QED) is 0.304. The van der Waals surface area contributed by atoms with Gasteiger partial charge in [0, 0.05) is 21.2 Å². The van der Waals surface area contributed by atoms with Crippen molar-refractivity contribution in [2.24, 2.45) is 5.10 Å². The molecule has 0 bridgehead atoms. The van der Waals surface area contributed by atoms with Crippen LogP contribution < -0.4 is 5.43 Å². The normalized spacial score (nSPS) is 10.9. The Kier molecular flexibility index (Phi) is 5.63. The SMILES string of the molecule is Oc1ccccc1C=NNc1nc(-c2ccccc2)cc(-c2ccc(Br)cc2)n1. The molecule has 2 N–H and O–H groups in total. The van der Waals surface area contributed by atoms with Gasteiger partial charge in [-0.3, -0.25) is 0 Å². The molecular weight excluding hydrogens is 428 g/mol. The monoisotopic (exact) mass is 444 g/mol. The Morgan fingerprint density at radius 3 is 2.10 bits per heavy atom. The van der Waals surface area contributed by atoms with Crippen LogP contribution in [-0.2, 0) is 0 Å². The minimum Gasteiger partial charge on any atom is -0.507 e. The van der Waals surface area contributed by atoms with Crippen LogP contribution in [0.2, 0.25) is 0 Å². The van der Waals surface area contributed by atoms with Crippen LogP contribution in [0.25, 0.3) is 22.5 Å². The summed E-state index contributed by atoms with van der Waals surface area (Å²) in [5.74, 6) is 0.531. The van der Waals surface area contributed by atoms with Crippen molar-refractivity contribution in [3.8, 4) is 28.3 Å². The Morgan fingerprint density at radius 2 is 1.41 bits per heavy atom. The lowest BCUT2D eigenvalue weighted by Gasteiger charge is -2.08. The molecule has 4 aromatic rings. The van der Waals surface area contributed by atoms with Gasteiger partial charge in [0.15, 0.2) is 0 Å². The predicted octanol–water partition coefficient (Wildman–Crippen LogP) is 5.72. The molecule has 0 saturated carbocycles. The summed E-state index contributed by atoms with van der Waals surface area (Å²) >= 11 is 3.46. The van der Waals surface area contributed by atoms with Gasteiger partial charge in [-0.05, 0) is 30.3 Å². The van der Waals surface area contributed by atoms with E-state index in [1.807, 2.05) is 66.7 Å². The van der Waals surface area contributed by atoms with Gasteiger partial charge in [-0.1, -0.05) is 70.5 Å². The molecule has 6 heteroatoms. The fourth-order valence-corrected chi connectivity index (χ4v) is 3.04. The Labute approximate surface area is 176 Å². The molecule has 0 saturated heterocycles. The number of aromatic nitrogens is 2. The number of rotatable bonds is 5. The molecule has 1 heterocycles. The number of hydrazone groups is 1. The molecule has 29 heavy (non-hydrogen) atoms.